The van der Waals surface area contributed by atoms with Gasteiger partial charge in [0.1, 0.15) is 0 Å². The van der Waals surface area contributed by atoms with Gasteiger partial charge in [-0.3, -0.25) is 0 Å². The Morgan fingerprint density at radius 3 is 2.62 bits per heavy atom. The molecule has 0 radical (unpaired) electrons. The van der Waals surface area contributed by atoms with Gasteiger partial charge >= 0.3 is 0 Å². The van der Waals surface area contributed by atoms with E-state index in [-0.39, 0.29) is 4.90 Å². The Labute approximate surface area is 129 Å². The molecule has 114 valence electrons. The lowest BCUT2D eigenvalue weighted by Crippen LogP contribution is -2.23. The maximum Gasteiger partial charge on any atom is 0.238 e. The van der Waals surface area contributed by atoms with E-state index in [9.17, 15) is 8.42 Å². The van der Waals surface area contributed by atoms with Gasteiger partial charge < -0.3 is 10.6 Å². The topological polar surface area (TPSA) is 89.4 Å². The highest BCUT2D eigenvalue weighted by Gasteiger charge is 2.17. The number of likely N-dealkylation sites (N-methyl/N-ethyl adjacent to an activating group) is 1. The van der Waals surface area contributed by atoms with Crippen molar-refractivity contribution in [1.82, 2.24) is 0 Å². The minimum Gasteiger partial charge on any atom is -0.399 e. The number of hydrogen-bond acceptors (Lipinski definition) is 5. The summed E-state index contributed by atoms with van der Waals surface area (Å²) in [4.78, 5) is 3.37. The molecular formula is C14H19N3O2S2. The molecule has 0 spiro atoms. The standard InChI is InChI=1S/C14H19N3O2S2/c1-10-13(8-11(15)9-14(10)21(16,18)19)17(2)6-5-12-4-3-7-20-12/h3-4,7-9H,5-6,15H2,1-2H3,(H2,16,18,19). The van der Waals surface area contributed by atoms with Gasteiger partial charge in [-0.15, -0.1) is 11.3 Å². The number of sulfonamides is 1. The van der Waals surface area contributed by atoms with Gasteiger partial charge in [-0.1, -0.05) is 6.07 Å². The van der Waals surface area contributed by atoms with E-state index in [1.165, 1.54) is 10.9 Å². The van der Waals surface area contributed by atoms with Crippen molar-refractivity contribution in [2.75, 3.05) is 24.2 Å². The Hall–Kier alpha value is -1.57. The molecule has 2 rings (SSSR count). The summed E-state index contributed by atoms with van der Waals surface area (Å²) in [7, 11) is -1.86. The minimum absolute atomic E-state index is 0.0838. The van der Waals surface area contributed by atoms with E-state index in [0.29, 0.717) is 11.3 Å². The number of hydrogen-bond donors (Lipinski definition) is 2. The molecule has 0 unspecified atom stereocenters. The molecule has 0 aliphatic heterocycles. The lowest BCUT2D eigenvalue weighted by Gasteiger charge is -2.23. The molecule has 0 aliphatic carbocycles. The highest BCUT2D eigenvalue weighted by atomic mass is 32.2. The van der Waals surface area contributed by atoms with E-state index in [1.54, 1.807) is 24.3 Å². The van der Waals surface area contributed by atoms with Crippen LogP contribution in [0.15, 0.2) is 34.5 Å². The van der Waals surface area contributed by atoms with Crippen molar-refractivity contribution < 1.29 is 8.42 Å². The van der Waals surface area contributed by atoms with Crippen molar-refractivity contribution >= 4 is 32.7 Å². The molecule has 0 aliphatic rings. The second-order valence-electron chi connectivity index (χ2n) is 4.96. The summed E-state index contributed by atoms with van der Waals surface area (Å²) in [5.74, 6) is 0. The van der Waals surface area contributed by atoms with Crippen molar-refractivity contribution in [2.45, 2.75) is 18.2 Å². The van der Waals surface area contributed by atoms with Crippen molar-refractivity contribution in [3.05, 3.63) is 40.1 Å². The highest BCUT2D eigenvalue weighted by molar-refractivity contribution is 7.89. The van der Waals surface area contributed by atoms with Crippen molar-refractivity contribution in [3.63, 3.8) is 0 Å². The average molecular weight is 325 g/mol. The van der Waals surface area contributed by atoms with Crippen LogP contribution < -0.4 is 15.8 Å². The predicted octanol–water partition coefficient (Wildman–Crippen LogP) is 1.97. The number of nitrogen functional groups attached to an aromatic ring is 1. The zero-order valence-electron chi connectivity index (χ0n) is 12.0. The number of rotatable bonds is 5. The normalized spacial score (nSPS) is 11.6. The minimum atomic E-state index is -3.77. The van der Waals surface area contributed by atoms with E-state index < -0.39 is 10.0 Å². The van der Waals surface area contributed by atoms with Crippen LogP contribution in [0.2, 0.25) is 0 Å². The molecule has 0 amide bonds. The highest BCUT2D eigenvalue weighted by Crippen LogP contribution is 2.28. The molecule has 1 aromatic heterocycles. The Morgan fingerprint density at radius 2 is 2.05 bits per heavy atom. The number of thiophene rings is 1. The Kier molecular flexibility index (Phi) is 4.55. The van der Waals surface area contributed by atoms with Gasteiger partial charge in [0.05, 0.1) is 4.90 Å². The van der Waals surface area contributed by atoms with Crippen LogP contribution in [0.4, 0.5) is 11.4 Å². The first-order valence-electron chi connectivity index (χ1n) is 6.45. The maximum absolute atomic E-state index is 11.6. The van der Waals surface area contributed by atoms with Crippen LogP contribution in [0.25, 0.3) is 0 Å². The molecule has 7 heteroatoms. The summed E-state index contributed by atoms with van der Waals surface area (Å²) in [5, 5.41) is 7.29. The summed E-state index contributed by atoms with van der Waals surface area (Å²) in [5.41, 5.74) is 7.61. The van der Waals surface area contributed by atoms with Crippen LogP contribution >= 0.6 is 11.3 Å². The second-order valence-corrected chi connectivity index (χ2v) is 7.52. The molecule has 1 aromatic carbocycles. The summed E-state index contributed by atoms with van der Waals surface area (Å²) in [6, 6.07) is 7.28. The molecular weight excluding hydrogens is 306 g/mol. The third-order valence-corrected chi connectivity index (χ3v) is 5.32. The fourth-order valence-electron chi connectivity index (χ4n) is 2.24. The fourth-order valence-corrected chi connectivity index (χ4v) is 3.77. The summed E-state index contributed by atoms with van der Waals surface area (Å²) in [6.45, 7) is 2.52. The Morgan fingerprint density at radius 1 is 1.33 bits per heavy atom. The number of nitrogens with zero attached hydrogens (tertiary/aromatic N) is 1. The molecule has 1 heterocycles. The molecule has 0 bridgehead atoms. The molecule has 0 saturated heterocycles. The van der Waals surface area contributed by atoms with E-state index in [4.69, 9.17) is 10.9 Å². The van der Waals surface area contributed by atoms with Gasteiger partial charge in [0.15, 0.2) is 0 Å². The number of nitrogens with two attached hydrogens (primary N) is 2. The predicted molar refractivity (Wildman–Crippen MR) is 88.3 cm³/mol. The lowest BCUT2D eigenvalue weighted by molar-refractivity contribution is 0.597. The number of benzene rings is 1. The van der Waals surface area contributed by atoms with Crippen LogP contribution in [-0.2, 0) is 16.4 Å². The van der Waals surface area contributed by atoms with Gasteiger partial charge in [0.2, 0.25) is 10.0 Å². The molecule has 4 N–H and O–H groups in total. The van der Waals surface area contributed by atoms with Crippen molar-refractivity contribution in [2.24, 2.45) is 5.14 Å². The first kappa shape index (κ1) is 15.8. The first-order chi connectivity index (χ1) is 9.79. The Bertz CT molecular complexity index is 725. The molecule has 21 heavy (non-hydrogen) atoms. The monoisotopic (exact) mass is 325 g/mol. The average Bonchev–Trinajstić information content (AvgIpc) is 2.90. The van der Waals surface area contributed by atoms with Gasteiger partial charge in [0.25, 0.3) is 0 Å². The zero-order valence-corrected chi connectivity index (χ0v) is 13.7. The van der Waals surface area contributed by atoms with Crippen LogP contribution in [0.3, 0.4) is 0 Å². The Balaban J connectivity index is 2.28. The molecule has 2 aromatic rings. The van der Waals surface area contributed by atoms with Crippen molar-refractivity contribution in [1.29, 1.82) is 0 Å². The lowest BCUT2D eigenvalue weighted by atomic mass is 10.1. The third-order valence-electron chi connectivity index (χ3n) is 3.35. The van der Waals surface area contributed by atoms with Crippen molar-refractivity contribution in [3.8, 4) is 0 Å². The maximum atomic E-state index is 11.6. The van der Waals surface area contributed by atoms with Crippen LogP contribution in [0.1, 0.15) is 10.4 Å². The molecule has 0 saturated carbocycles. The summed E-state index contributed by atoms with van der Waals surface area (Å²) >= 11 is 1.71. The SMILES string of the molecule is Cc1c(N(C)CCc2cccs2)cc(N)cc1S(N)(=O)=O. The van der Waals surface area contributed by atoms with E-state index in [1.807, 2.05) is 23.4 Å². The van der Waals surface area contributed by atoms with E-state index >= 15 is 0 Å². The van der Waals surface area contributed by atoms with Crippen LogP contribution in [0.5, 0.6) is 0 Å². The molecule has 5 nitrogen and oxygen atoms in total. The summed E-state index contributed by atoms with van der Waals surface area (Å²) in [6.07, 6.45) is 0.896. The smallest absolute Gasteiger partial charge is 0.238 e. The third kappa shape index (κ3) is 3.75. The van der Waals surface area contributed by atoms with Crippen LogP contribution in [0, 0.1) is 6.92 Å². The van der Waals surface area contributed by atoms with Gasteiger partial charge in [0, 0.05) is 29.8 Å². The van der Waals surface area contributed by atoms with Gasteiger partial charge in [-0.25, -0.2) is 13.6 Å². The first-order valence-corrected chi connectivity index (χ1v) is 8.88. The molecule has 0 atom stereocenters. The van der Waals surface area contributed by atoms with Crippen LogP contribution in [-0.4, -0.2) is 22.0 Å². The number of anilines is 2. The van der Waals surface area contributed by atoms with E-state index in [0.717, 1.165) is 18.7 Å². The zero-order chi connectivity index (χ0) is 15.6. The fraction of sp³-hybridized carbons (Fsp3) is 0.286. The molecule has 0 fully saturated rings. The number of primary sulfonamides is 1. The van der Waals surface area contributed by atoms with Gasteiger partial charge in [-0.05, 0) is 42.5 Å². The largest absolute Gasteiger partial charge is 0.399 e. The summed E-state index contributed by atoms with van der Waals surface area (Å²) < 4.78 is 23.3. The van der Waals surface area contributed by atoms with E-state index in [2.05, 4.69) is 6.07 Å². The quantitative estimate of drug-likeness (QED) is 0.822. The van der Waals surface area contributed by atoms with Gasteiger partial charge in [-0.2, -0.15) is 0 Å². The second kappa shape index (κ2) is 6.05.